The van der Waals surface area contributed by atoms with Crippen molar-refractivity contribution in [3.63, 3.8) is 0 Å². The number of amides is 1. The fraction of sp³-hybridized carbons (Fsp3) is 0.632. The molecule has 8 nitrogen and oxygen atoms in total. The predicted molar refractivity (Wildman–Crippen MR) is 107 cm³/mol. The van der Waals surface area contributed by atoms with Crippen LogP contribution in [0.25, 0.3) is 6.08 Å². The molecule has 1 amide bonds. The fourth-order valence-electron chi connectivity index (χ4n) is 2.41. The van der Waals surface area contributed by atoms with Gasteiger partial charge in [0.2, 0.25) is 0 Å². The normalized spacial score (nSPS) is 18.7. The van der Waals surface area contributed by atoms with Crippen LogP contribution in [0.5, 0.6) is 6.01 Å². The van der Waals surface area contributed by atoms with Gasteiger partial charge in [0.05, 0.1) is 18.3 Å². The lowest BCUT2D eigenvalue weighted by atomic mass is 9.77. The summed E-state index contributed by atoms with van der Waals surface area (Å²) in [7, 11) is 0.882. The van der Waals surface area contributed by atoms with Crippen molar-refractivity contribution in [2.24, 2.45) is 0 Å². The van der Waals surface area contributed by atoms with Crippen LogP contribution in [0.4, 0.5) is 4.79 Å². The molecule has 0 bridgehead atoms. The summed E-state index contributed by atoms with van der Waals surface area (Å²) in [5, 5.41) is 2.76. The van der Waals surface area contributed by atoms with E-state index in [-0.39, 0.29) is 12.6 Å². The van der Waals surface area contributed by atoms with Crippen LogP contribution in [0, 0.1) is 0 Å². The van der Waals surface area contributed by atoms with Crippen LogP contribution in [0.1, 0.15) is 54.0 Å². The van der Waals surface area contributed by atoms with Gasteiger partial charge in [0.1, 0.15) is 5.60 Å². The van der Waals surface area contributed by atoms with Gasteiger partial charge in [-0.1, -0.05) is 6.08 Å². The van der Waals surface area contributed by atoms with Crippen molar-refractivity contribution < 1.29 is 23.6 Å². The zero-order chi connectivity index (χ0) is 21.2. The summed E-state index contributed by atoms with van der Waals surface area (Å²) >= 11 is 0. The number of carbonyl (C=O) groups excluding carboxylic acids is 1. The maximum absolute atomic E-state index is 12.1. The van der Waals surface area contributed by atoms with Crippen LogP contribution in [-0.2, 0) is 14.0 Å². The number of methoxy groups -OCH3 is 1. The first-order valence-corrected chi connectivity index (χ1v) is 9.22. The van der Waals surface area contributed by atoms with Crippen molar-refractivity contribution in [2.75, 3.05) is 13.7 Å². The summed E-state index contributed by atoms with van der Waals surface area (Å²) in [5.41, 5.74) is -0.130. The Kier molecular flexibility index (Phi) is 6.40. The molecule has 0 spiro atoms. The van der Waals surface area contributed by atoms with Crippen LogP contribution >= 0.6 is 0 Å². The summed E-state index contributed by atoms with van der Waals surface area (Å²) in [6.07, 6.45) is 4.58. The fourth-order valence-corrected chi connectivity index (χ4v) is 2.41. The highest BCUT2D eigenvalue weighted by Crippen LogP contribution is 2.38. The molecule has 0 aromatic carbocycles. The van der Waals surface area contributed by atoms with Crippen molar-refractivity contribution in [2.45, 2.75) is 65.3 Å². The SMILES string of the molecule is COc1ncc(C=C(CNC(=O)OC(C)(C)C)B2OC(C)(C)C(C)(C)O2)cn1. The highest BCUT2D eigenvalue weighted by molar-refractivity contribution is 6.56. The quantitative estimate of drug-likeness (QED) is 0.772. The third-order valence-corrected chi connectivity index (χ3v) is 4.57. The molecule has 2 rings (SSSR count). The molecule has 1 aromatic rings. The van der Waals surface area contributed by atoms with E-state index in [9.17, 15) is 4.79 Å². The van der Waals surface area contributed by atoms with Crippen molar-refractivity contribution in [1.29, 1.82) is 0 Å². The monoisotopic (exact) mass is 391 g/mol. The van der Waals surface area contributed by atoms with E-state index in [0.717, 1.165) is 11.0 Å². The van der Waals surface area contributed by atoms with Crippen LogP contribution in [0.3, 0.4) is 0 Å². The van der Waals surface area contributed by atoms with Gasteiger partial charge in [-0.25, -0.2) is 14.8 Å². The van der Waals surface area contributed by atoms with E-state index in [1.807, 2.05) is 54.5 Å². The molecule has 154 valence electrons. The van der Waals surface area contributed by atoms with Crippen LogP contribution < -0.4 is 10.1 Å². The molecule has 1 aliphatic heterocycles. The summed E-state index contributed by atoms with van der Waals surface area (Å²) in [5.74, 6) is 0. The molecule has 1 aromatic heterocycles. The standard InChI is InChI=1S/C19H30BN3O5/c1-17(2,3)26-16(24)23-12-14(9-13-10-21-15(25-8)22-11-13)20-27-18(4,5)19(6,7)28-20/h9-11H,12H2,1-8H3,(H,23,24). The van der Waals surface area contributed by atoms with Gasteiger partial charge in [0.15, 0.2) is 0 Å². The number of nitrogens with one attached hydrogen (secondary N) is 1. The molecule has 0 atom stereocenters. The first-order valence-electron chi connectivity index (χ1n) is 9.22. The zero-order valence-electron chi connectivity index (χ0n) is 18.0. The summed E-state index contributed by atoms with van der Waals surface area (Å²) in [6, 6.07) is 0.279. The van der Waals surface area contributed by atoms with Gasteiger partial charge >= 0.3 is 19.2 Å². The molecule has 0 radical (unpaired) electrons. The molecular formula is C19H30BN3O5. The molecule has 1 saturated heterocycles. The number of hydrogen-bond acceptors (Lipinski definition) is 7. The Morgan fingerprint density at radius 3 is 2.18 bits per heavy atom. The first-order chi connectivity index (χ1) is 12.8. The number of carbonyl (C=O) groups is 1. The second-order valence-electron chi connectivity index (χ2n) is 8.67. The van der Waals surface area contributed by atoms with Crippen molar-refractivity contribution in [3.05, 3.63) is 23.4 Å². The Balaban J connectivity index is 2.23. The molecule has 1 aliphatic rings. The van der Waals surface area contributed by atoms with Crippen molar-refractivity contribution >= 4 is 19.3 Å². The molecule has 1 fully saturated rings. The van der Waals surface area contributed by atoms with Crippen LogP contribution in [-0.4, -0.2) is 53.6 Å². The predicted octanol–water partition coefficient (Wildman–Crippen LogP) is 3.02. The molecule has 1 N–H and O–H groups in total. The number of ether oxygens (including phenoxy) is 2. The summed E-state index contributed by atoms with van der Waals surface area (Å²) in [4.78, 5) is 20.3. The maximum Gasteiger partial charge on any atom is 0.492 e. The van der Waals surface area contributed by atoms with Crippen molar-refractivity contribution in [3.8, 4) is 6.01 Å². The number of nitrogens with zero attached hydrogens (tertiary/aromatic N) is 2. The molecular weight excluding hydrogens is 361 g/mol. The smallest absolute Gasteiger partial charge is 0.467 e. The third kappa shape index (κ3) is 5.69. The van der Waals surface area contributed by atoms with Gasteiger partial charge in [-0.2, -0.15) is 0 Å². The highest BCUT2D eigenvalue weighted by atomic mass is 16.7. The molecule has 0 unspecified atom stereocenters. The molecule has 2 heterocycles. The molecule has 9 heteroatoms. The van der Waals surface area contributed by atoms with Gasteiger partial charge in [0, 0.05) is 24.5 Å². The highest BCUT2D eigenvalue weighted by Gasteiger charge is 2.52. The average Bonchev–Trinajstić information content (AvgIpc) is 2.78. The van der Waals surface area contributed by atoms with E-state index in [0.29, 0.717) is 0 Å². The van der Waals surface area contributed by atoms with Gasteiger partial charge < -0.3 is 24.1 Å². The maximum atomic E-state index is 12.1. The minimum atomic E-state index is -0.623. The second-order valence-corrected chi connectivity index (χ2v) is 8.67. The van der Waals surface area contributed by atoms with E-state index in [1.165, 1.54) is 7.11 Å². The number of rotatable bonds is 5. The Hall–Kier alpha value is -2.13. The zero-order valence-corrected chi connectivity index (χ0v) is 18.0. The number of hydrogen-bond donors (Lipinski definition) is 1. The lowest BCUT2D eigenvalue weighted by Gasteiger charge is -2.32. The van der Waals surface area contributed by atoms with Crippen molar-refractivity contribution in [1.82, 2.24) is 15.3 Å². The van der Waals surface area contributed by atoms with Crippen LogP contribution in [0.2, 0.25) is 0 Å². The van der Waals surface area contributed by atoms with E-state index in [4.69, 9.17) is 18.8 Å². The van der Waals surface area contributed by atoms with E-state index in [1.54, 1.807) is 12.4 Å². The Morgan fingerprint density at radius 2 is 1.71 bits per heavy atom. The number of alkyl carbamates (subject to hydrolysis) is 1. The van der Waals surface area contributed by atoms with E-state index in [2.05, 4.69) is 15.3 Å². The lowest BCUT2D eigenvalue weighted by molar-refractivity contribution is 0.00578. The van der Waals surface area contributed by atoms with E-state index < -0.39 is 30.0 Å². The molecule has 28 heavy (non-hydrogen) atoms. The summed E-state index contributed by atoms with van der Waals surface area (Å²) in [6.45, 7) is 13.5. The molecule has 0 saturated carbocycles. The second kappa shape index (κ2) is 8.09. The van der Waals surface area contributed by atoms with E-state index >= 15 is 0 Å². The average molecular weight is 391 g/mol. The molecule has 0 aliphatic carbocycles. The van der Waals surface area contributed by atoms with Gasteiger partial charge in [-0.15, -0.1) is 0 Å². The topological polar surface area (TPSA) is 91.8 Å². The Morgan fingerprint density at radius 1 is 1.18 bits per heavy atom. The largest absolute Gasteiger partial charge is 0.492 e. The first kappa shape index (κ1) is 22.2. The Labute approximate surface area is 167 Å². The Bertz CT molecular complexity index is 710. The summed E-state index contributed by atoms with van der Waals surface area (Å²) < 4.78 is 22.6. The van der Waals surface area contributed by atoms with Gasteiger partial charge in [0.25, 0.3) is 0 Å². The minimum Gasteiger partial charge on any atom is -0.467 e. The van der Waals surface area contributed by atoms with Gasteiger partial charge in [-0.05, 0) is 53.9 Å². The number of aromatic nitrogens is 2. The lowest BCUT2D eigenvalue weighted by Crippen LogP contribution is -2.41. The minimum absolute atomic E-state index is 0.192. The van der Waals surface area contributed by atoms with Gasteiger partial charge in [-0.3, -0.25) is 0 Å². The van der Waals surface area contributed by atoms with Crippen LogP contribution in [0.15, 0.2) is 17.9 Å². The third-order valence-electron chi connectivity index (χ3n) is 4.57.